The first-order valence-corrected chi connectivity index (χ1v) is 14.5. The van der Waals surface area contributed by atoms with E-state index in [1.807, 2.05) is 62.4 Å². The fraction of sp³-hybridized carbons (Fsp3) is 0.0556. The minimum Gasteiger partial charge on any atom is -0.249 e. The molecule has 0 N–H and O–H groups in total. The van der Waals surface area contributed by atoms with Crippen LogP contribution in [0.2, 0.25) is 0 Å². The number of hydrogen-bond donors (Lipinski definition) is 0. The summed E-state index contributed by atoms with van der Waals surface area (Å²) in [5.74, 6) is 7.38. The number of aromatic nitrogens is 6. The Balaban J connectivity index is 0.000000182. The average molecular weight is 686 g/mol. The third-order valence-electron chi connectivity index (χ3n) is 6.09. The fourth-order valence-electron chi connectivity index (χ4n) is 3.89. The van der Waals surface area contributed by atoms with E-state index in [1.165, 1.54) is 33.6 Å². The van der Waals surface area contributed by atoms with Crippen LogP contribution in [0.1, 0.15) is 39.3 Å². The van der Waals surface area contributed by atoms with Crippen molar-refractivity contribution in [3.8, 4) is 47.7 Å². The van der Waals surface area contributed by atoms with Gasteiger partial charge in [-0.3, -0.25) is 0 Å². The van der Waals surface area contributed by atoms with Crippen LogP contribution in [0.15, 0.2) is 102 Å². The van der Waals surface area contributed by atoms with E-state index in [9.17, 15) is 8.78 Å². The summed E-state index contributed by atoms with van der Waals surface area (Å²) in [6, 6.07) is 23.1. The average Bonchev–Trinajstić information content (AvgIpc) is 3.66. The van der Waals surface area contributed by atoms with Gasteiger partial charge in [-0.1, -0.05) is 12.1 Å². The Kier molecular flexibility index (Phi) is 11.4. The standard InChI is InChI=1S/C18H11FN4.C13H8FN3.C5H4BrN/c1-13-12-23(17-9-14(11-20)8-15(19)10-17)22-18(13)6-5-16-4-2-3-7-21-16;1-3-13-9(2)8-17(16-13)12-5-10(7-15)4-11(14)6-12;6-5-3-1-2-4-7-5/h2-4,7-10,12H,1H3;1,4-6,8H,2H3;1-4H. The maximum absolute atomic E-state index is 13.5. The van der Waals surface area contributed by atoms with Gasteiger partial charge >= 0.3 is 0 Å². The van der Waals surface area contributed by atoms with Gasteiger partial charge in [0.15, 0.2) is 0 Å². The molecule has 0 amide bonds. The molecule has 0 saturated heterocycles. The highest BCUT2D eigenvalue weighted by atomic mass is 79.9. The summed E-state index contributed by atoms with van der Waals surface area (Å²) in [6.07, 6.45) is 12.1. The molecular formula is C36H23BrF2N8. The molecule has 0 fully saturated rings. The lowest BCUT2D eigenvalue weighted by Crippen LogP contribution is -1.97. The number of rotatable bonds is 2. The number of halogens is 3. The van der Waals surface area contributed by atoms with Crippen molar-refractivity contribution in [1.82, 2.24) is 29.5 Å². The molecule has 0 bridgehead atoms. The first-order chi connectivity index (χ1) is 22.7. The van der Waals surface area contributed by atoms with Crippen LogP contribution in [-0.4, -0.2) is 29.5 Å². The van der Waals surface area contributed by atoms with Crippen molar-refractivity contribution in [3.05, 3.63) is 153 Å². The Labute approximate surface area is 278 Å². The van der Waals surface area contributed by atoms with Crippen LogP contribution < -0.4 is 0 Å². The Morgan fingerprint density at radius 2 is 1.23 bits per heavy atom. The summed E-state index contributed by atoms with van der Waals surface area (Å²) >= 11 is 3.20. The van der Waals surface area contributed by atoms with Gasteiger partial charge in [-0.2, -0.15) is 20.7 Å². The monoisotopic (exact) mass is 684 g/mol. The van der Waals surface area contributed by atoms with Crippen LogP contribution in [-0.2, 0) is 0 Å². The van der Waals surface area contributed by atoms with Crippen LogP contribution in [0.3, 0.4) is 0 Å². The highest BCUT2D eigenvalue weighted by molar-refractivity contribution is 9.10. The Bertz CT molecular complexity index is 2190. The molecule has 0 unspecified atom stereocenters. The molecule has 228 valence electrons. The zero-order valence-corrected chi connectivity index (χ0v) is 26.6. The molecular weight excluding hydrogens is 662 g/mol. The van der Waals surface area contributed by atoms with Crippen molar-refractivity contribution < 1.29 is 8.78 Å². The van der Waals surface area contributed by atoms with Gasteiger partial charge < -0.3 is 0 Å². The topological polar surface area (TPSA) is 109 Å². The second-order valence-corrected chi connectivity index (χ2v) is 10.4. The van der Waals surface area contributed by atoms with Crippen molar-refractivity contribution in [3.63, 3.8) is 0 Å². The van der Waals surface area contributed by atoms with E-state index in [0.717, 1.165) is 15.7 Å². The quantitative estimate of drug-likeness (QED) is 0.144. The summed E-state index contributed by atoms with van der Waals surface area (Å²) in [4.78, 5) is 8.02. The first-order valence-electron chi connectivity index (χ1n) is 13.7. The van der Waals surface area contributed by atoms with Crippen molar-refractivity contribution in [2.45, 2.75) is 13.8 Å². The molecule has 11 heteroatoms. The van der Waals surface area contributed by atoms with Crippen molar-refractivity contribution in [2.24, 2.45) is 0 Å². The predicted octanol–water partition coefficient (Wildman–Crippen LogP) is 7.00. The van der Waals surface area contributed by atoms with Crippen molar-refractivity contribution >= 4 is 15.9 Å². The smallest absolute Gasteiger partial charge is 0.139 e. The molecule has 47 heavy (non-hydrogen) atoms. The highest BCUT2D eigenvalue weighted by Crippen LogP contribution is 2.16. The third kappa shape index (κ3) is 9.54. The van der Waals surface area contributed by atoms with E-state index >= 15 is 0 Å². The summed E-state index contributed by atoms with van der Waals surface area (Å²) in [6.45, 7) is 3.69. The molecule has 4 heterocycles. The van der Waals surface area contributed by atoms with Gasteiger partial charge in [0.2, 0.25) is 0 Å². The molecule has 8 nitrogen and oxygen atoms in total. The number of nitriles is 2. The molecule has 4 aromatic heterocycles. The van der Waals surface area contributed by atoms with Gasteiger partial charge in [-0.05, 0) is 108 Å². The maximum atomic E-state index is 13.5. The second kappa shape index (κ2) is 16.1. The van der Waals surface area contributed by atoms with E-state index in [4.69, 9.17) is 16.9 Å². The summed E-state index contributed by atoms with van der Waals surface area (Å²) in [7, 11) is 0. The zero-order valence-electron chi connectivity index (χ0n) is 25.0. The molecule has 0 aliphatic rings. The van der Waals surface area contributed by atoms with Gasteiger partial charge in [-0.15, -0.1) is 6.42 Å². The Hall–Kier alpha value is -6.40. The number of terminal acetylenes is 1. The van der Waals surface area contributed by atoms with Crippen LogP contribution in [0.25, 0.3) is 11.4 Å². The van der Waals surface area contributed by atoms with Crippen molar-refractivity contribution in [2.75, 3.05) is 0 Å². The van der Waals surface area contributed by atoms with Gasteiger partial charge in [0.1, 0.15) is 33.3 Å². The molecule has 0 aliphatic heterocycles. The minimum absolute atomic E-state index is 0.245. The zero-order chi connectivity index (χ0) is 33.8. The van der Waals surface area contributed by atoms with Gasteiger partial charge in [0.05, 0.1) is 34.6 Å². The van der Waals surface area contributed by atoms with E-state index in [-0.39, 0.29) is 11.1 Å². The largest absolute Gasteiger partial charge is 0.249 e. The van der Waals surface area contributed by atoms with Crippen LogP contribution >= 0.6 is 15.9 Å². The van der Waals surface area contributed by atoms with E-state index in [0.29, 0.717) is 28.5 Å². The SMILES string of the molecule is Brc1ccccn1.C#Cc1nn(-c2cc(F)cc(C#N)c2)cc1C.Cc1cn(-c2cc(F)cc(C#N)c2)nc1C#Cc1ccccn1. The molecule has 0 saturated carbocycles. The minimum atomic E-state index is -0.478. The number of aryl methyl sites for hydroxylation is 2. The van der Waals surface area contributed by atoms with Crippen LogP contribution in [0.4, 0.5) is 8.78 Å². The lowest BCUT2D eigenvalue weighted by molar-refractivity contribution is 0.624. The summed E-state index contributed by atoms with van der Waals surface area (Å²) in [5.41, 5.74) is 4.88. The molecule has 0 aliphatic carbocycles. The maximum Gasteiger partial charge on any atom is 0.139 e. The molecule has 6 aromatic rings. The van der Waals surface area contributed by atoms with Gasteiger partial charge in [-0.25, -0.2) is 28.1 Å². The number of benzene rings is 2. The number of pyridine rings is 2. The molecule has 0 radical (unpaired) electrons. The molecule has 6 rings (SSSR count). The summed E-state index contributed by atoms with van der Waals surface area (Å²) in [5, 5.41) is 26.2. The van der Waals surface area contributed by atoms with Crippen LogP contribution in [0, 0.1) is 72.3 Å². The normalized spacial score (nSPS) is 9.57. The van der Waals surface area contributed by atoms with Gasteiger partial charge in [0, 0.05) is 35.9 Å². The molecule has 0 spiro atoms. The van der Waals surface area contributed by atoms with E-state index < -0.39 is 11.6 Å². The fourth-order valence-corrected chi connectivity index (χ4v) is 4.17. The highest BCUT2D eigenvalue weighted by Gasteiger charge is 2.08. The molecule has 0 atom stereocenters. The third-order valence-corrected chi connectivity index (χ3v) is 6.56. The van der Waals surface area contributed by atoms with Crippen molar-refractivity contribution in [1.29, 1.82) is 10.5 Å². The second-order valence-electron chi connectivity index (χ2n) is 9.59. The molecule has 2 aromatic carbocycles. The Morgan fingerprint density at radius 1 is 0.702 bits per heavy atom. The lowest BCUT2D eigenvalue weighted by Gasteiger charge is -2.01. The summed E-state index contributed by atoms with van der Waals surface area (Å²) < 4.78 is 30.7. The number of nitrogens with zero attached hydrogens (tertiary/aromatic N) is 8. The first kappa shape index (κ1) is 33.5. The lowest BCUT2D eigenvalue weighted by atomic mass is 10.2. The Morgan fingerprint density at radius 3 is 1.66 bits per heavy atom. The van der Waals surface area contributed by atoms with E-state index in [1.54, 1.807) is 36.9 Å². The number of hydrogen-bond acceptors (Lipinski definition) is 6. The van der Waals surface area contributed by atoms with Gasteiger partial charge in [0.25, 0.3) is 0 Å². The van der Waals surface area contributed by atoms with Crippen LogP contribution in [0.5, 0.6) is 0 Å². The van der Waals surface area contributed by atoms with E-state index in [2.05, 4.69) is 53.9 Å². The predicted molar refractivity (Wildman–Crippen MR) is 176 cm³/mol.